The second-order valence-corrected chi connectivity index (χ2v) is 15.8. The average Bonchev–Trinajstić information content (AvgIpc) is 2.85. The Labute approximate surface area is 232 Å². The molecule has 0 heterocycles. The molecule has 2 aromatic carbocycles. The van der Waals surface area contributed by atoms with Crippen molar-refractivity contribution in [3.05, 3.63) is 60.7 Å². The number of rotatable bonds is 10. The van der Waals surface area contributed by atoms with Gasteiger partial charge in [-0.25, -0.2) is 4.79 Å². The van der Waals surface area contributed by atoms with E-state index in [4.69, 9.17) is 9.16 Å². The first-order chi connectivity index (χ1) is 18.0. The average molecular weight is 532 g/mol. The lowest BCUT2D eigenvalue weighted by Crippen LogP contribution is -2.67. The number of hydrogen-bond donors (Lipinski definition) is 1. The number of amides is 1. The molecule has 4 nitrogen and oxygen atoms in total. The lowest BCUT2D eigenvalue weighted by molar-refractivity contribution is 0.0487. The Morgan fingerprint density at radius 3 is 1.84 bits per heavy atom. The third-order valence-corrected chi connectivity index (χ3v) is 11.1. The van der Waals surface area contributed by atoms with Gasteiger partial charge in [0.15, 0.2) is 0 Å². The van der Waals surface area contributed by atoms with E-state index in [0.29, 0.717) is 13.0 Å². The summed E-state index contributed by atoms with van der Waals surface area (Å²) in [5.74, 6) is 12.6. The van der Waals surface area contributed by atoms with Crippen LogP contribution in [0.3, 0.4) is 0 Å². The summed E-state index contributed by atoms with van der Waals surface area (Å²) >= 11 is 0. The fourth-order valence-corrected chi connectivity index (χ4v) is 9.06. The molecule has 1 N–H and O–H groups in total. The number of hydrogen-bond acceptors (Lipinski definition) is 3. The summed E-state index contributed by atoms with van der Waals surface area (Å²) in [5, 5.41) is 5.29. The molecular formula is C33H45NO3Si. The molecule has 0 spiro atoms. The van der Waals surface area contributed by atoms with Gasteiger partial charge in [-0.05, 0) is 55.9 Å². The van der Waals surface area contributed by atoms with Crippen molar-refractivity contribution in [1.29, 1.82) is 0 Å². The molecule has 0 aliphatic rings. The normalized spacial score (nSPS) is 12.4. The highest BCUT2D eigenvalue weighted by Crippen LogP contribution is 2.36. The summed E-state index contributed by atoms with van der Waals surface area (Å²) in [6.45, 7) is 14.5. The lowest BCUT2D eigenvalue weighted by atomic mass is 10.2. The summed E-state index contributed by atoms with van der Waals surface area (Å²) in [4.78, 5) is 12.7. The van der Waals surface area contributed by atoms with Crippen molar-refractivity contribution in [3.8, 4) is 23.7 Å². The number of unbranched alkanes of at least 4 members (excludes halogenated alkanes) is 3. The second kappa shape index (κ2) is 14.8. The number of carbonyl (C=O) groups excluding carboxylic acids is 1. The minimum Gasteiger partial charge on any atom is -0.444 e. The number of ether oxygens (including phenoxy) is 1. The van der Waals surface area contributed by atoms with E-state index < -0.39 is 20.0 Å². The summed E-state index contributed by atoms with van der Waals surface area (Å²) in [6, 6.07) is 20.7. The van der Waals surface area contributed by atoms with E-state index in [9.17, 15) is 4.79 Å². The predicted molar refractivity (Wildman–Crippen MR) is 161 cm³/mol. The SMILES string of the molecule is CC#CCCCCC#CC[C@@H](CO[Si](c1ccccc1)(c1ccccc1)C(C)(C)C)NC(=O)OC(C)(C)C. The van der Waals surface area contributed by atoms with Crippen molar-refractivity contribution in [2.45, 2.75) is 97.3 Å². The van der Waals surface area contributed by atoms with Crippen LogP contribution in [0.15, 0.2) is 60.7 Å². The summed E-state index contributed by atoms with van der Waals surface area (Å²) < 4.78 is 12.6. The first kappa shape index (κ1) is 31.2. The largest absolute Gasteiger partial charge is 0.444 e. The number of carbonyl (C=O) groups is 1. The highest BCUT2D eigenvalue weighted by atomic mass is 28.4. The number of nitrogens with one attached hydrogen (secondary N) is 1. The fraction of sp³-hybridized carbons (Fsp3) is 0.485. The van der Waals surface area contributed by atoms with Crippen molar-refractivity contribution < 1.29 is 14.0 Å². The molecule has 0 unspecified atom stereocenters. The molecule has 2 rings (SSSR count). The Morgan fingerprint density at radius 2 is 1.37 bits per heavy atom. The van der Waals surface area contributed by atoms with Gasteiger partial charge in [0.1, 0.15) is 5.60 Å². The molecule has 38 heavy (non-hydrogen) atoms. The Morgan fingerprint density at radius 1 is 0.842 bits per heavy atom. The van der Waals surface area contributed by atoms with Crippen molar-refractivity contribution in [2.75, 3.05) is 6.61 Å². The molecule has 0 aromatic heterocycles. The van der Waals surface area contributed by atoms with Crippen LogP contribution >= 0.6 is 0 Å². The zero-order valence-electron chi connectivity index (χ0n) is 24.3. The minimum absolute atomic E-state index is 0.154. The molecule has 5 heteroatoms. The fourth-order valence-electron chi connectivity index (χ4n) is 4.45. The van der Waals surface area contributed by atoms with Crippen molar-refractivity contribution >= 4 is 24.8 Å². The van der Waals surface area contributed by atoms with Gasteiger partial charge in [-0.15, -0.1) is 23.7 Å². The van der Waals surface area contributed by atoms with Gasteiger partial charge in [0.05, 0.1) is 12.6 Å². The zero-order valence-corrected chi connectivity index (χ0v) is 25.3. The van der Waals surface area contributed by atoms with Crippen LogP contribution in [-0.2, 0) is 9.16 Å². The number of benzene rings is 2. The maximum Gasteiger partial charge on any atom is 0.407 e. The van der Waals surface area contributed by atoms with Gasteiger partial charge in [-0.1, -0.05) is 81.4 Å². The maximum atomic E-state index is 12.7. The van der Waals surface area contributed by atoms with E-state index in [1.54, 1.807) is 0 Å². The molecule has 0 saturated heterocycles. The molecule has 0 radical (unpaired) electrons. The van der Waals surface area contributed by atoms with Gasteiger partial charge >= 0.3 is 6.09 Å². The summed E-state index contributed by atoms with van der Waals surface area (Å²) in [7, 11) is -2.74. The second-order valence-electron chi connectivity index (χ2n) is 11.5. The summed E-state index contributed by atoms with van der Waals surface area (Å²) in [6.07, 6.45) is 3.84. The molecule has 1 amide bonds. The Balaban J connectivity index is 2.32. The van der Waals surface area contributed by atoms with Gasteiger partial charge in [-0.3, -0.25) is 0 Å². The third kappa shape index (κ3) is 9.71. The van der Waals surface area contributed by atoms with Gasteiger partial charge in [0.25, 0.3) is 8.32 Å². The Bertz CT molecular complexity index is 1070. The first-order valence-corrected chi connectivity index (χ1v) is 15.5. The quantitative estimate of drug-likeness (QED) is 0.218. The van der Waals surface area contributed by atoms with Gasteiger partial charge in [-0.2, -0.15) is 0 Å². The van der Waals surface area contributed by atoms with E-state index in [0.717, 1.165) is 25.7 Å². The van der Waals surface area contributed by atoms with E-state index in [2.05, 4.69) is 98.3 Å². The Kier molecular flexibility index (Phi) is 12.2. The molecule has 0 aliphatic carbocycles. The minimum atomic E-state index is -2.74. The molecule has 1 atom stereocenters. The molecule has 204 valence electrons. The molecule has 0 bridgehead atoms. The molecular weight excluding hydrogens is 486 g/mol. The van der Waals surface area contributed by atoms with Crippen LogP contribution in [0.4, 0.5) is 4.79 Å². The van der Waals surface area contributed by atoms with Crippen LogP contribution in [0.1, 0.15) is 80.6 Å². The van der Waals surface area contributed by atoms with Crippen LogP contribution in [0, 0.1) is 23.7 Å². The number of alkyl carbamates (subject to hydrolysis) is 1. The lowest BCUT2D eigenvalue weighted by Gasteiger charge is -2.43. The predicted octanol–water partition coefficient (Wildman–Crippen LogP) is 6.43. The van der Waals surface area contributed by atoms with Gasteiger partial charge in [0.2, 0.25) is 0 Å². The summed E-state index contributed by atoms with van der Waals surface area (Å²) in [5.41, 5.74) is -0.583. The van der Waals surface area contributed by atoms with Crippen LogP contribution in [0.2, 0.25) is 5.04 Å². The smallest absolute Gasteiger partial charge is 0.407 e. The standard InChI is InChI=1S/C33H45NO3Si/c1-8-9-10-11-12-13-14-17-22-28(34-31(35)37-32(2,3)4)27-36-38(33(5,6)7,29-23-18-15-19-24-29)30-25-20-16-21-26-30/h15-16,18-21,23-26,28H,10-13,22,27H2,1-7H3,(H,34,35)/t28-/m0/s1. The van der Waals surface area contributed by atoms with Crippen molar-refractivity contribution in [1.82, 2.24) is 5.32 Å². The highest BCUT2D eigenvalue weighted by Gasteiger charge is 2.50. The van der Waals surface area contributed by atoms with E-state index in [-0.39, 0.29) is 11.1 Å². The van der Waals surface area contributed by atoms with Gasteiger partial charge in [0, 0.05) is 19.3 Å². The van der Waals surface area contributed by atoms with Crippen LogP contribution in [0.5, 0.6) is 0 Å². The van der Waals surface area contributed by atoms with E-state index in [1.807, 2.05) is 39.8 Å². The third-order valence-electron chi connectivity index (χ3n) is 6.14. The molecule has 0 fully saturated rings. The van der Waals surface area contributed by atoms with Crippen molar-refractivity contribution in [3.63, 3.8) is 0 Å². The molecule has 0 saturated carbocycles. The zero-order chi connectivity index (χ0) is 28.1. The van der Waals surface area contributed by atoms with E-state index >= 15 is 0 Å². The highest BCUT2D eigenvalue weighted by molar-refractivity contribution is 6.99. The molecule has 0 aliphatic heterocycles. The first-order valence-electron chi connectivity index (χ1n) is 13.6. The molecule has 2 aromatic rings. The van der Waals surface area contributed by atoms with Crippen LogP contribution < -0.4 is 15.7 Å². The monoisotopic (exact) mass is 531 g/mol. The van der Waals surface area contributed by atoms with E-state index in [1.165, 1.54) is 10.4 Å². The van der Waals surface area contributed by atoms with Crippen molar-refractivity contribution in [2.24, 2.45) is 0 Å². The van der Waals surface area contributed by atoms with Crippen LogP contribution in [-0.4, -0.2) is 32.7 Å². The van der Waals surface area contributed by atoms with Gasteiger partial charge < -0.3 is 14.5 Å². The van der Waals surface area contributed by atoms with Crippen LogP contribution in [0.25, 0.3) is 0 Å². The maximum absolute atomic E-state index is 12.7. The topological polar surface area (TPSA) is 47.6 Å². The Hall–Kier alpha value is -2.99.